The first kappa shape index (κ1) is 19.6. The monoisotopic (exact) mass is 403 g/mol. The average Bonchev–Trinajstić information content (AvgIpc) is 2.91. The average molecular weight is 404 g/mol. The van der Waals surface area contributed by atoms with E-state index in [1.165, 1.54) is 12.3 Å². The molecule has 3 aromatic rings. The SMILES string of the molecule is Cc1nc2ccc(C(=O)O)nc2n1Cc1ncc(NC(=O)OC(C)C)cc1Cl. The Kier molecular flexibility index (Phi) is 5.46. The highest BCUT2D eigenvalue weighted by Crippen LogP contribution is 2.22. The van der Waals surface area contributed by atoms with E-state index in [0.29, 0.717) is 33.4 Å². The minimum absolute atomic E-state index is 0.0732. The zero-order valence-corrected chi connectivity index (χ0v) is 16.2. The van der Waals surface area contributed by atoms with Gasteiger partial charge in [0.25, 0.3) is 0 Å². The molecule has 9 nitrogen and oxygen atoms in total. The summed E-state index contributed by atoms with van der Waals surface area (Å²) in [6, 6.07) is 4.58. The number of carboxylic acids is 1. The Morgan fingerprint density at radius 3 is 2.71 bits per heavy atom. The number of amides is 1. The van der Waals surface area contributed by atoms with Crippen molar-refractivity contribution in [2.45, 2.75) is 33.4 Å². The molecule has 0 fully saturated rings. The van der Waals surface area contributed by atoms with Crippen molar-refractivity contribution in [2.24, 2.45) is 0 Å². The predicted octanol–water partition coefficient (Wildman–Crippen LogP) is 3.49. The van der Waals surface area contributed by atoms with E-state index < -0.39 is 12.1 Å². The molecule has 3 heterocycles. The van der Waals surface area contributed by atoms with Crippen LogP contribution in [-0.2, 0) is 11.3 Å². The summed E-state index contributed by atoms with van der Waals surface area (Å²) in [7, 11) is 0. The Morgan fingerprint density at radius 1 is 1.32 bits per heavy atom. The van der Waals surface area contributed by atoms with Gasteiger partial charge in [-0.05, 0) is 39.0 Å². The van der Waals surface area contributed by atoms with Gasteiger partial charge in [0.2, 0.25) is 0 Å². The van der Waals surface area contributed by atoms with Crippen LogP contribution in [0.15, 0.2) is 24.4 Å². The summed E-state index contributed by atoms with van der Waals surface area (Å²) in [5.74, 6) is -0.474. The lowest BCUT2D eigenvalue weighted by molar-refractivity contribution is 0.0690. The van der Waals surface area contributed by atoms with Crippen molar-refractivity contribution >= 4 is 40.5 Å². The van der Waals surface area contributed by atoms with Crippen LogP contribution < -0.4 is 5.32 Å². The summed E-state index contributed by atoms with van der Waals surface area (Å²) >= 11 is 6.32. The molecule has 0 aromatic carbocycles. The largest absolute Gasteiger partial charge is 0.477 e. The van der Waals surface area contributed by atoms with Crippen molar-refractivity contribution in [1.29, 1.82) is 0 Å². The van der Waals surface area contributed by atoms with Crippen molar-refractivity contribution in [3.8, 4) is 0 Å². The van der Waals surface area contributed by atoms with Crippen LogP contribution in [0.1, 0.15) is 35.9 Å². The van der Waals surface area contributed by atoms with Gasteiger partial charge in [0.05, 0.1) is 35.2 Å². The molecule has 0 atom stereocenters. The van der Waals surface area contributed by atoms with Crippen molar-refractivity contribution in [3.05, 3.63) is 46.6 Å². The maximum Gasteiger partial charge on any atom is 0.411 e. The van der Waals surface area contributed by atoms with Crippen molar-refractivity contribution in [2.75, 3.05) is 5.32 Å². The normalized spacial score (nSPS) is 11.0. The molecule has 10 heteroatoms. The first-order valence-electron chi connectivity index (χ1n) is 8.44. The third-order valence-electron chi connectivity index (χ3n) is 3.82. The molecule has 0 bridgehead atoms. The molecule has 1 amide bonds. The van der Waals surface area contributed by atoms with E-state index in [0.717, 1.165) is 0 Å². The third kappa shape index (κ3) is 4.20. The van der Waals surface area contributed by atoms with Gasteiger partial charge < -0.3 is 14.4 Å². The lowest BCUT2D eigenvalue weighted by Crippen LogP contribution is -2.18. The number of nitrogens with zero attached hydrogens (tertiary/aromatic N) is 4. The summed E-state index contributed by atoms with van der Waals surface area (Å²) in [5, 5.41) is 12.1. The van der Waals surface area contributed by atoms with Gasteiger partial charge in [0, 0.05) is 0 Å². The predicted molar refractivity (Wildman–Crippen MR) is 103 cm³/mol. The smallest absolute Gasteiger partial charge is 0.411 e. The number of nitrogens with one attached hydrogen (secondary N) is 1. The van der Waals surface area contributed by atoms with Crippen LogP contribution in [0.3, 0.4) is 0 Å². The molecule has 0 aliphatic heterocycles. The molecule has 0 unspecified atom stereocenters. The van der Waals surface area contributed by atoms with Crippen LogP contribution in [0.4, 0.5) is 10.5 Å². The molecule has 0 saturated heterocycles. The second-order valence-electron chi connectivity index (χ2n) is 6.32. The van der Waals surface area contributed by atoms with Crippen LogP contribution in [0, 0.1) is 6.92 Å². The number of halogens is 1. The molecule has 146 valence electrons. The number of carboxylic acid groups (broad SMARTS) is 1. The van der Waals surface area contributed by atoms with Gasteiger partial charge in [-0.2, -0.15) is 0 Å². The van der Waals surface area contributed by atoms with Gasteiger partial charge in [-0.1, -0.05) is 11.6 Å². The maximum absolute atomic E-state index is 11.7. The number of imidazole rings is 1. The van der Waals surface area contributed by atoms with E-state index in [4.69, 9.17) is 21.4 Å². The number of aromatic carboxylic acids is 1. The lowest BCUT2D eigenvalue weighted by atomic mass is 10.3. The summed E-state index contributed by atoms with van der Waals surface area (Å²) in [6.07, 6.45) is 0.624. The Morgan fingerprint density at radius 2 is 2.07 bits per heavy atom. The van der Waals surface area contributed by atoms with E-state index >= 15 is 0 Å². The van der Waals surface area contributed by atoms with Gasteiger partial charge in [0.1, 0.15) is 11.3 Å². The Bertz CT molecular complexity index is 1060. The number of aryl methyl sites for hydroxylation is 1. The third-order valence-corrected chi connectivity index (χ3v) is 4.14. The van der Waals surface area contributed by atoms with Crippen LogP contribution in [0.25, 0.3) is 11.2 Å². The lowest BCUT2D eigenvalue weighted by Gasteiger charge is -2.11. The molecular formula is C18H18ClN5O4. The van der Waals surface area contributed by atoms with E-state index in [9.17, 15) is 9.59 Å². The van der Waals surface area contributed by atoms with E-state index in [1.54, 1.807) is 37.5 Å². The summed E-state index contributed by atoms with van der Waals surface area (Å²) < 4.78 is 6.75. The first-order valence-corrected chi connectivity index (χ1v) is 8.81. The van der Waals surface area contributed by atoms with Gasteiger partial charge in [0.15, 0.2) is 11.3 Å². The van der Waals surface area contributed by atoms with Crippen molar-refractivity contribution < 1.29 is 19.4 Å². The molecule has 0 saturated carbocycles. The second kappa shape index (κ2) is 7.81. The topological polar surface area (TPSA) is 119 Å². The number of rotatable bonds is 5. The van der Waals surface area contributed by atoms with Gasteiger partial charge in [-0.3, -0.25) is 10.3 Å². The van der Waals surface area contributed by atoms with Crippen LogP contribution in [0.2, 0.25) is 5.02 Å². The van der Waals surface area contributed by atoms with E-state index in [2.05, 4.69) is 20.3 Å². The fourth-order valence-electron chi connectivity index (χ4n) is 2.59. The molecule has 0 radical (unpaired) electrons. The number of fused-ring (bicyclic) bond motifs is 1. The number of carbonyl (C=O) groups is 2. The van der Waals surface area contributed by atoms with Gasteiger partial charge in [-0.15, -0.1) is 0 Å². The van der Waals surface area contributed by atoms with E-state index in [1.807, 2.05) is 0 Å². The number of pyridine rings is 2. The van der Waals surface area contributed by atoms with E-state index in [-0.39, 0.29) is 18.3 Å². The number of aromatic nitrogens is 4. The van der Waals surface area contributed by atoms with Crippen LogP contribution in [-0.4, -0.2) is 42.8 Å². The molecule has 3 rings (SSSR count). The van der Waals surface area contributed by atoms with Crippen LogP contribution >= 0.6 is 11.6 Å². The molecule has 0 spiro atoms. The second-order valence-corrected chi connectivity index (χ2v) is 6.73. The van der Waals surface area contributed by atoms with Crippen molar-refractivity contribution in [3.63, 3.8) is 0 Å². The Balaban J connectivity index is 1.87. The molecule has 3 aromatic heterocycles. The summed E-state index contributed by atoms with van der Waals surface area (Å²) in [6.45, 7) is 5.52. The fraction of sp³-hybridized carbons (Fsp3) is 0.278. The zero-order chi connectivity index (χ0) is 20.4. The van der Waals surface area contributed by atoms with Gasteiger partial charge >= 0.3 is 12.1 Å². The summed E-state index contributed by atoms with van der Waals surface area (Å²) in [5.41, 5.74) is 1.86. The molecule has 28 heavy (non-hydrogen) atoms. The zero-order valence-electron chi connectivity index (χ0n) is 15.4. The molecular weight excluding hydrogens is 386 g/mol. The van der Waals surface area contributed by atoms with Gasteiger partial charge in [-0.25, -0.2) is 19.6 Å². The minimum Gasteiger partial charge on any atom is -0.477 e. The summed E-state index contributed by atoms with van der Waals surface area (Å²) in [4.78, 5) is 35.7. The Hall–Kier alpha value is -3.20. The molecule has 2 N–H and O–H groups in total. The number of hydrogen-bond acceptors (Lipinski definition) is 6. The number of hydrogen-bond donors (Lipinski definition) is 2. The number of anilines is 1. The number of ether oxygens (including phenoxy) is 1. The highest BCUT2D eigenvalue weighted by atomic mass is 35.5. The fourth-order valence-corrected chi connectivity index (χ4v) is 2.81. The highest BCUT2D eigenvalue weighted by molar-refractivity contribution is 6.31. The van der Waals surface area contributed by atoms with Crippen molar-refractivity contribution in [1.82, 2.24) is 19.5 Å². The molecule has 0 aliphatic rings. The number of carbonyl (C=O) groups excluding carboxylic acids is 1. The molecule has 0 aliphatic carbocycles. The maximum atomic E-state index is 11.7. The standard InChI is InChI=1S/C18H18ClN5O4/c1-9(2)28-18(27)22-11-6-12(19)15(20-7-11)8-24-10(3)21-13-4-5-14(17(25)26)23-16(13)24/h4-7,9H,8H2,1-3H3,(H,22,27)(H,25,26). The minimum atomic E-state index is -1.12. The first-order chi connectivity index (χ1) is 13.2. The quantitative estimate of drug-likeness (QED) is 0.669. The Labute approximate surface area is 165 Å². The highest BCUT2D eigenvalue weighted by Gasteiger charge is 2.15. The van der Waals surface area contributed by atoms with Crippen LogP contribution in [0.5, 0.6) is 0 Å².